The number of benzene rings is 1. The van der Waals surface area contributed by atoms with Gasteiger partial charge in [-0.05, 0) is 49.1 Å². The van der Waals surface area contributed by atoms with Gasteiger partial charge >= 0.3 is 6.03 Å². The van der Waals surface area contributed by atoms with E-state index in [1.165, 1.54) is 5.56 Å². The Bertz CT molecular complexity index is 1000. The van der Waals surface area contributed by atoms with E-state index in [4.69, 9.17) is 9.47 Å². The maximum atomic E-state index is 13.4. The van der Waals surface area contributed by atoms with E-state index in [1.807, 2.05) is 19.1 Å². The Morgan fingerprint density at radius 3 is 2.64 bits per heavy atom. The van der Waals surface area contributed by atoms with Gasteiger partial charge in [0.25, 0.3) is 5.91 Å². The Balaban J connectivity index is 1.90. The fourth-order valence-corrected chi connectivity index (χ4v) is 4.28. The predicted octanol–water partition coefficient (Wildman–Crippen LogP) is 3.62. The molecule has 0 saturated carbocycles. The lowest BCUT2D eigenvalue weighted by Gasteiger charge is -2.36. The SMILES string of the molecule is CCCNC(=O)Nc1ccc2c(c1)OC[C@@H](C)N(Cc1ccncc1)C[C@@H](C)[C@H](OC)CN(C)C2=O. The largest absolute Gasteiger partial charge is 0.491 e. The Kier molecular flexibility index (Phi) is 10.1. The lowest BCUT2D eigenvalue weighted by Crippen LogP contribution is -2.46. The fraction of sp³-hybridized carbons (Fsp3) is 0.519. The van der Waals surface area contributed by atoms with Crippen LogP contribution in [0.2, 0.25) is 0 Å². The van der Waals surface area contributed by atoms with Gasteiger partial charge in [-0.25, -0.2) is 4.79 Å². The highest BCUT2D eigenvalue weighted by molar-refractivity contribution is 5.98. The average Bonchev–Trinajstić information content (AvgIpc) is 2.88. The summed E-state index contributed by atoms with van der Waals surface area (Å²) in [5.41, 5.74) is 2.19. The van der Waals surface area contributed by atoms with Crippen LogP contribution >= 0.6 is 0 Å². The van der Waals surface area contributed by atoms with E-state index in [1.54, 1.807) is 49.7 Å². The van der Waals surface area contributed by atoms with E-state index < -0.39 is 0 Å². The van der Waals surface area contributed by atoms with Crippen molar-refractivity contribution in [2.24, 2.45) is 5.92 Å². The monoisotopic (exact) mass is 497 g/mol. The second-order valence-electron chi connectivity index (χ2n) is 9.47. The lowest BCUT2D eigenvalue weighted by atomic mass is 10.0. The minimum atomic E-state index is -0.290. The van der Waals surface area contributed by atoms with Crippen molar-refractivity contribution in [2.75, 3.05) is 45.7 Å². The number of nitrogens with one attached hydrogen (secondary N) is 2. The molecule has 0 fully saturated rings. The molecule has 0 spiro atoms. The molecule has 36 heavy (non-hydrogen) atoms. The third-order valence-electron chi connectivity index (χ3n) is 6.50. The van der Waals surface area contributed by atoms with Crippen molar-refractivity contribution >= 4 is 17.6 Å². The number of urea groups is 1. The molecule has 3 amide bonds. The normalized spacial score (nSPS) is 21.5. The van der Waals surface area contributed by atoms with Gasteiger partial charge in [-0.15, -0.1) is 0 Å². The van der Waals surface area contributed by atoms with Crippen LogP contribution in [0.15, 0.2) is 42.7 Å². The highest BCUT2D eigenvalue weighted by atomic mass is 16.5. The number of ether oxygens (including phenoxy) is 2. The lowest BCUT2D eigenvalue weighted by molar-refractivity contribution is 0.00921. The first-order chi connectivity index (χ1) is 17.3. The zero-order chi connectivity index (χ0) is 26.1. The molecule has 0 saturated heterocycles. The third-order valence-corrected chi connectivity index (χ3v) is 6.50. The molecular formula is C27H39N5O4. The minimum Gasteiger partial charge on any atom is -0.491 e. The third kappa shape index (κ3) is 7.41. The van der Waals surface area contributed by atoms with Gasteiger partial charge in [0.05, 0.1) is 11.7 Å². The van der Waals surface area contributed by atoms with E-state index in [2.05, 4.69) is 34.4 Å². The maximum Gasteiger partial charge on any atom is 0.319 e. The van der Waals surface area contributed by atoms with Gasteiger partial charge in [0.1, 0.15) is 12.4 Å². The first-order valence-corrected chi connectivity index (χ1v) is 12.5. The fourth-order valence-electron chi connectivity index (χ4n) is 4.28. The van der Waals surface area contributed by atoms with Crippen molar-refractivity contribution in [3.8, 4) is 5.75 Å². The summed E-state index contributed by atoms with van der Waals surface area (Å²) in [7, 11) is 3.47. The minimum absolute atomic E-state index is 0.0581. The second kappa shape index (κ2) is 13.2. The first kappa shape index (κ1) is 27.4. The molecule has 3 atom stereocenters. The van der Waals surface area contributed by atoms with Gasteiger partial charge in [0.15, 0.2) is 0 Å². The van der Waals surface area contributed by atoms with Crippen LogP contribution in [0.1, 0.15) is 43.1 Å². The number of rotatable bonds is 6. The smallest absolute Gasteiger partial charge is 0.319 e. The number of amides is 3. The Hall–Kier alpha value is -3.17. The number of carbonyl (C=O) groups excluding carboxylic acids is 2. The van der Waals surface area contributed by atoms with Gasteiger partial charge < -0.3 is 25.0 Å². The number of anilines is 1. The summed E-state index contributed by atoms with van der Waals surface area (Å²) in [5.74, 6) is 0.475. The van der Waals surface area contributed by atoms with Crippen LogP contribution in [0.3, 0.4) is 0 Å². The summed E-state index contributed by atoms with van der Waals surface area (Å²) in [6.45, 7) is 9.20. The standard InChI is InChI=1S/C27H39N5O4/c1-6-11-29-27(34)30-22-7-8-23-24(14-22)36-18-20(3)32(16-21-9-12-28-13-10-21)15-19(2)25(35-5)17-31(4)26(23)33/h7-10,12-14,19-20,25H,6,11,15-18H2,1-5H3,(H2,29,30,34)/t19-,20-,25-/m1/s1. The molecule has 1 aromatic heterocycles. The predicted molar refractivity (Wildman–Crippen MR) is 140 cm³/mol. The zero-order valence-electron chi connectivity index (χ0n) is 22.0. The van der Waals surface area contributed by atoms with Crippen LogP contribution in [-0.2, 0) is 11.3 Å². The van der Waals surface area contributed by atoms with Crippen molar-refractivity contribution in [2.45, 2.75) is 45.9 Å². The number of hydrogen-bond acceptors (Lipinski definition) is 6. The number of carbonyl (C=O) groups is 2. The molecule has 2 heterocycles. The van der Waals surface area contributed by atoms with E-state index in [0.717, 1.165) is 19.5 Å². The van der Waals surface area contributed by atoms with Gasteiger partial charge in [-0.1, -0.05) is 13.8 Å². The van der Waals surface area contributed by atoms with Gasteiger partial charge in [-0.3, -0.25) is 14.7 Å². The number of methoxy groups -OCH3 is 1. The van der Waals surface area contributed by atoms with Crippen molar-refractivity contribution in [1.29, 1.82) is 0 Å². The van der Waals surface area contributed by atoms with Crippen molar-refractivity contribution < 1.29 is 19.1 Å². The molecule has 0 aliphatic carbocycles. The Labute approximate surface area is 214 Å². The van der Waals surface area contributed by atoms with Gasteiger partial charge in [0.2, 0.25) is 0 Å². The Morgan fingerprint density at radius 2 is 1.94 bits per heavy atom. The quantitative estimate of drug-likeness (QED) is 0.633. The first-order valence-electron chi connectivity index (χ1n) is 12.5. The molecule has 1 aliphatic rings. The number of pyridine rings is 1. The number of nitrogens with zero attached hydrogens (tertiary/aromatic N) is 3. The van der Waals surface area contributed by atoms with Crippen LogP contribution < -0.4 is 15.4 Å². The summed E-state index contributed by atoms with van der Waals surface area (Å²) in [6.07, 6.45) is 4.32. The molecule has 2 aromatic rings. The average molecular weight is 498 g/mol. The topological polar surface area (TPSA) is 96.0 Å². The molecule has 1 aliphatic heterocycles. The summed E-state index contributed by atoms with van der Waals surface area (Å²) >= 11 is 0. The number of fused-ring (bicyclic) bond motifs is 1. The summed E-state index contributed by atoms with van der Waals surface area (Å²) < 4.78 is 12.1. The van der Waals surface area contributed by atoms with E-state index >= 15 is 0 Å². The number of likely N-dealkylation sites (N-methyl/N-ethyl adjacent to an activating group) is 1. The number of hydrogen-bond donors (Lipinski definition) is 2. The summed E-state index contributed by atoms with van der Waals surface area (Å²) in [5, 5.41) is 5.62. The molecule has 2 N–H and O–H groups in total. The highest BCUT2D eigenvalue weighted by Gasteiger charge is 2.28. The molecule has 0 unspecified atom stereocenters. The second-order valence-corrected chi connectivity index (χ2v) is 9.47. The number of aromatic nitrogens is 1. The summed E-state index contributed by atoms with van der Waals surface area (Å²) in [4.78, 5) is 33.7. The molecule has 9 heteroatoms. The van der Waals surface area contributed by atoms with E-state index in [-0.39, 0.29) is 30.0 Å². The molecule has 9 nitrogen and oxygen atoms in total. The van der Waals surface area contributed by atoms with Crippen LogP contribution in [0, 0.1) is 5.92 Å². The van der Waals surface area contributed by atoms with Gasteiger partial charge in [-0.2, -0.15) is 0 Å². The van der Waals surface area contributed by atoms with Crippen LogP contribution in [-0.4, -0.2) is 79.3 Å². The maximum absolute atomic E-state index is 13.4. The zero-order valence-corrected chi connectivity index (χ0v) is 22.0. The molecular weight excluding hydrogens is 458 g/mol. The molecule has 0 bridgehead atoms. The molecule has 0 radical (unpaired) electrons. The van der Waals surface area contributed by atoms with Crippen molar-refractivity contribution in [1.82, 2.24) is 20.1 Å². The molecule has 1 aromatic carbocycles. The molecule has 3 rings (SSSR count). The molecule has 196 valence electrons. The van der Waals surface area contributed by atoms with Crippen LogP contribution in [0.5, 0.6) is 5.75 Å². The van der Waals surface area contributed by atoms with Crippen LogP contribution in [0.4, 0.5) is 10.5 Å². The highest BCUT2D eigenvalue weighted by Crippen LogP contribution is 2.27. The Morgan fingerprint density at radius 1 is 1.19 bits per heavy atom. The van der Waals surface area contributed by atoms with Crippen LogP contribution in [0.25, 0.3) is 0 Å². The van der Waals surface area contributed by atoms with Gasteiger partial charge in [0, 0.05) is 70.5 Å². The van der Waals surface area contributed by atoms with E-state index in [9.17, 15) is 9.59 Å². The van der Waals surface area contributed by atoms with Crippen molar-refractivity contribution in [3.05, 3.63) is 53.9 Å². The van der Waals surface area contributed by atoms with E-state index in [0.29, 0.717) is 36.7 Å². The summed E-state index contributed by atoms with van der Waals surface area (Å²) in [6, 6.07) is 8.96. The van der Waals surface area contributed by atoms with Crippen molar-refractivity contribution in [3.63, 3.8) is 0 Å².